The smallest absolute Gasteiger partial charge is 0.129 e. The molecule has 0 radical (unpaired) electrons. The fourth-order valence-corrected chi connectivity index (χ4v) is 4.01. The Morgan fingerprint density at radius 1 is 1.15 bits per heavy atom. The van der Waals surface area contributed by atoms with E-state index in [-0.39, 0.29) is 0 Å². The van der Waals surface area contributed by atoms with Crippen molar-refractivity contribution < 1.29 is 0 Å². The van der Waals surface area contributed by atoms with Crippen molar-refractivity contribution in [2.75, 3.05) is 11.4 Å². The summed E-state index contributed by atoms with van der Waals surface area (Å²) >= 11 is 1.64. The first kappa shape index (κ1) is 31.5. The third-order valence-electron chi connectivity index (χ3n) is 5.18. The van der Waals surface area contributed by atoms with Gasteiger partial charge in [0.1, 0.15) is 16.7 Å². The van der Waals surface area contributed by atoms with Gasteiger partial charge in [-0.1, -0.05) is 83.9 Å². The van der Waals surface area contributed by atoms with Gasteiger partial charge in [-0.25, -0.2) is 0 Å². The van der Waals surface area contributed by atoms with Crippen LogP contribution in [-0.2, 0) is 0 Å². The predicted molar refractivity (Wildman–Crippen MR) is 156 cm³/mol. The Labute approximate surface area is 212 Å². The minimum Gasteiger partial charge on any atom is -0.288 e. The highest BCUT2D eigenvalue weighted by Crippen LogP contribution is 2.38. The number of rotatable bonds is 1. The molecular formula is C29H46N4S. The van der Waals surface area contributed by atoms with Crippen LogP contribution >= 0.6 is 11.3 Å². The summed E-state index contributed by atoms with van der Waals surface area (Å²) in [6.45, 7) is 26.5. The first-order chi connectivity index (χ1) is 15.9. The monoisotopic (exact) mass is 482 g/mol. The Morgan fingerprint density at radius 3 is 2.03 bits per heavy atom. The van der Waals surface area contributed by atoms with E-state index in [0.717, 1.165) is 21.8 Å². The van der Waals surface area contributed by atoms with E-state index in [2.05, 4.69) is 79.3 Å². The molecule has 0 fully saturated rings. The topological polar surface area (TPSA) is 63.3 Å². The third kappa shape index (κ3) is 9.02. The van der Waals surface area contributed by atoms with Crippen molar-refractivity contribution in [2.24, 2.45) is 10.4 Å². The van der Waals surface area contributed by atoms with E-state index >= 15 is 0 Å². The molecule has 34 heavy (non-hydrogen) atoms. The van der Waals surface area contributed by atoms with Gasteiger partial charge in [0.05, 0.1) is 12.3 Å². The van der Waals surface area contributed by atoms with Crippen LogP contribution in [0.1, 0.15) is 88.9 Å². The molecule has 3 rings (SSSR count). The maximum Gasteiger partial charge on any atom is 0.129 e. The van der Waals surface area contributed by atoms with E-state index in [9.17, 15) is 0 Å². The zero-order valence-corrected chi connectivity index (χ0v) is 24.1. The molecule has 0 saturated heterocycles. The summed E-state index contributed by atoms with van der Waals surface area (Å²) < 4.78 is 0. The number of nitrogens with one attached hydrogen (secondary N) is 2. The second-order valence-electron chi connectivity index (χ2n) is 9.18. The van der Waals surface area contributed by atoms with Gasteiger partial charge in [0.15, 0.2) is 0 Å². The van der Waals surface area contributed by atoms with Crippen LogP contribution in [-0.4, -0.2) is 23.9 Å². The van der Waals surface area contributed by atoms with Crippen LogP contribution in [0.4, 0.5) is 5.00 Å². The van der Waals surface area contributed by atoms with Gasteiger partial charge in [0.25, 0.3) is 0 Å². The fourth-order valence-electron chi connectivity index (χ4n) is 2.77. The van der Waals surface area contributed by atoms with E-state index in [4.69, 9.17) is 15.8 Å². The van der Waals surface area contributed by atoms with Crippen molar-refractivity contribution in [1.82, 2.24) is 0 Å². The van der Waals surface area contributed by atoms with Gasteiger partial charge in [0.2, 0.25) is 0 Å². The number of thiophene rings is 1. The number of allylic oxidation sites excluding steroid dienone is 1. The van der Waals surface area contributed by atoms with Crippen LogP contribution in [0.3, 0.4) is 0 Å². The molecule has 1 aliphatic heterocycles. The highest BCUT2D eigenvalue weighted by molar-refractivity contribution is 7.17. The number of hydrogen-bond donors (Lipinski definition) is 2. The highest BCUT2D eigenvalue weighted by Gasteiger charge is 2.28. The summed E-state index contributed by atoms with van der Waals surface area (Å²) in [5, 5.41) is 17.3. The van der Waals surface area contributed by atoms with Crippen LogP contribution in [0, 0.1) is 37.0 Å². The molecule has 1 aromatic heterocycles. The number of aliphatic imine (C=N–C) groups is 1. The first-order valence-corrected chi connectivity index (χ1v) is 12.9. The standard InChI is InChI=1S/C18H20N4S.C6H14.C3H6.C2H6/c1-10-5-7-14(8-6-10)17-16-11(2)12(3)23-18(16)22(13(4)19)15(20)9-21-17;1-5-6(2,3)4;1-3-2;1-2/h5-8,19-20H,9H2,1-4H3;5H2,1-4H3;3H,1H2,2H3;1-2H3. The number of nitrogens with zero attached hydrogens (tertiary/aromatic N) is 2. The number of hydrogen-bond acceptors (Lipinski definition) is 4. The van der Waals surface area contributed by atoms with Gasteiger partial charge in [-0.3, -0.25) is 20.7 Å². The SMILES string of the molecule is C=CC.CC.CC(=N)N1C(=N)CN=C(c2ccc(C)cc2)c2c1sc(C)c2C.CCC(C)(C)C. The predicted octanol–water partition coefficient (Wildman–Crippen LogP) is 8.97. The highest BCUT2D eigenvalue weighted by atomic mass is 32.1. The minimum absolute atomic E-state index is 0.291. The second-order valence-corrected chi connectivity index (χ2v) is 10.4. The third-order valence-corrected chi connectivity index (χ3v) is 6.38. The second kappa shape index (κ2) is 14.7. The van der Waals surface area contributed by atoms with E-state index in [0.29, 0.717) is 23.6 Å². The molecule has 2 aromatic rings. The van der Waals surface area contributed by atoms with Gasteiger partial charge < -0.3 is 0 Å². The molecule has 5 heteroatoms. The molecule has 0 unspecified atom stereocenters. The lowest BCUT2D eigenvalue weighted by Crippen LogP contribution is -2.35. The van der Waals surface area contributed by atoms with Crippen LogP contribution in [0.25, 0.3) is 0 Å². The van der Waals surface area contributed by atoms with Gasteiger partial charge in [-0.05, 0) is 45.6 Å². The van der Waals surface area contributed by atoms with Gasteiger partial charge >= 0.3 is 0 Å². The van der Waals surface area contributed by atoms with E-state index in [1.54, 1.807) is 29.2 Å². The Hall–Kier alpha value is -2.53. The molecule has 0 amide bonds. The van der Waals surface area contributed by atoms with Crippen molar-refractivity contribution in [1.29, 1.82) is 10.8 Å². The number of benzene rings is 1. The maximum atomic E-state index is 8.30. The van der Waals surface area contributed by atoms with E-state index in [1.165, 1.54) is 22.4 Å². The molecule has 1 aromatic carbocycles. The van der Waals surface area contributed by atoms with Gasteiger partial charge in [0, 0.05) is 16.0 Å². The van der Waals surface area contributed by atoms with Crippen molar-refractivity contribution >= 4 is 33.7 Å². The van der Waals surface area contributed by atoms with Crippen LogP contribution in [0.5, 0.6) is 0 Å². The fraction of sp³-hybridized carbons (Fsp3) is 0.483. The van der Waals surface area contributed by atoms with Crippen molar-refractivity contribution in [2.45, 2.75) is 82.6 Å². The van der Waals surface area contributed by atoms with Crippen molar-refractivity contribution in [3.63, 3.8) is 0 Å². The summed E-state index contributed by atoms with van der Waals surface area (Å²) in [4.78, 5) is 7.63. The normalized spacial score (nSPS) is 12.4. The van der Waals surface area contributed by atoms with Crippen molar-refractivity contribution in [3.8, 4) is 0 Å². The Balaban J connectivity index is 0.000000841. The molecule has 0 saturated carbocycles. The zero-order valence-electron chi connectivity index (χ0n) is 23.3. The maximum absolute atomic E-state index is 8.30. The van der Waals surface area contributed by atoms with E-state index in [1.807, 2.05) is 20.8 Å². The minimum atomic E-state index is 0.291. The molecule has 0 bridgehead atoms. The van der Waals surface area contributed by atoms with Gasteiger partial charge in [-0.15, -0.1) is 17.9 Å². The summed E-state index contributed by atoms with van der Waals surface area (Å²) in [6.07, 6.45) is 3.02. The number of fused-ring (bicyclic) bond motifs is 1. The Bertz CT molecular complexity index is 973. The molecule has 0 spiro atoms. The van der Waals surface area contributed by atoms with Crippen LogP contribution in [0.15, 0.2) is 41.9 Å². The number of anilines is 1. The lowest BCUT2D eigenvalue weighted by molar-refractivity contribution is 0.398. The molecule has 0 atom stereocenters. The average molecular weight is 483 g/mol. The largest absolute Gasteiger partial charge is 0.288 e. The molecular weight excluding hydrogens is 436 g/mol. The summed E-state index contributed by atoms with van der Waals surface area (Å²) in [5.41, 5.74) is 5.99. The first-order valence-electron chi connectivity index (χ1n) is 12.1. The molecule has 2 N–H and O–H groups in total. The lowest BCUT2D eigenvalue weighted by Gasteiger charge is -2.21. The summed E-state index contributed by atoms with van der Waals surface area (Å²) in [7, 11) is 0. The Kier molecular flexibility index (Phi) is 13.6. The van der Waals surface area contributed by atoms with Crippen LogP contribution < -0.4 is 4.90 Å². The number of aryl methyl sites for hydroxylation is 2. The average Bonchev–Trinajstić information content (AvgIpc) is 2.96. The molecule has 0 aliphatic carbocycles. The van der Waals surface area contributed by atoms with Gasteiger partial charge in [-0.2, -0.15) is 0 Å². The molecule has 188 valence electrons. The molecule has 1 aliphatic rings. The van der Waals surface area contributed by atoms with Crippen LogP contribution in [0.2, 0.25) is 0 Å². The summed E-state index contributed by atoms with van der Waals surface area (Å²) in [5.74, 6) is 0.708. The zero-order chi connectivity index (χ0) is 26.6. The number of amidine groups is 2. The van der Waals surface area contributed by atoms with Crippen molar-refractivity contribution in [3.05, 3.63) is 64.1 Å². The Morgan fingerprint density at radius 2 is 1.62 bits per heavy atom. The quantitative estimate of drug-likeness (QED) is 0.238. The lowest BCUT2D eigenvalue weighted by atomic mass is 9.94. The molecule has 4 nitrogen and oxygen atoms in total. The van der Waals surface area contributed by atoms with E-state index < -0.39 is 0 Å². The molecule has 2 heterocycles. The summed E-state index contributed by atoms with van der Waals surface area (Å²) in [6, 6.07) is 8.34.